The van der Waals surface area contributed by atoms with Crippen molar-refractivity contribution < 1.29 is 4.79 Å². The molecule has 154 valence electrons. The Balaban J connectivity index is 1.83. The van der Waals surface area contributed by atoms with Gasteiger partial charge in [0.25, 0.3) is 5.91 Å². The molecule has 1 N–H and O–H groups in total. The van der Waals surface area contributed by atoms with Gasteiger partial charge in [-0.25, -0.2) is 5.43 Å². The molecule has 0 aliphatic carbocycles. The molecule has 0 spiro atoms. The summed E-state index contributed by atoms with van der Waals surface area (Å²) in [5.74, 6) is 0.224. The van der Waals surface area contributed by atoms with E-state index in [4.69, 9.17) is 11.6 Å². The molecule has 0 aromatic heterocycles. The van der Waals surface area contributed by atoms with E-state index in [9.17, 15) is 4.79 Å². The summed E-state index contributed by atoms with van der Waals surface area (Å²) >= 11 is 5.87. The summed E-state index contributed by atoms with van der Waals surface area (Å²) in [6, 6.07) is 11.2. The number of nitrogens with zero attached hydrogens (tertiary/aromatic N) is 2. The zero-order valence-electron chi connectivity index (χ0n) is 17.9. The number of carbonyl (C=O) groups excluding carboxylic acids is 1. The summed E-state index contributed by atoms with van der Waals surface area (Å²) < 4.78 is 0. The molecule has 0 bridgehead atoms. The van der Waals surface area contributed by atoms with Gasteiger partial charge in [-0.1, -0.05) is 25.4 Å². The van der Waals surface area contributed by atoms with Crippen LogP contribution in [0.1, 0.15) is 73.5 Å². The number of nitrogens with one attached hydrogen (secondary N) is 1. The van der Waals surface area contributed by atoms with E-state index in [2.05, 4.69) is 62.2 Å². The Morgan fingerprint density at radius 3 is 2.66 bits per heavy atom. The Hall–Kier alpha value is -2.33. The van der Waals surface area contributed by atoms with Crippen molar-refractivity contribution in [3.63, 3.8) is 0 Å². The lowest BCUT2D eigenvalue weighted by Crippen LogP contribution is -2.48. The van der Waals surface area contributed by atoms with Crippen LogP contribution < -0.4 is 10.3 Å². The number of amides is 1. The van der Waals surface area contributed by atoms with E-state index in [0.29, 0.717) is 16.5 Å². The third-order valence-corrected chi connectivity index (χ3v) is 5.95. The van der Waals surface area contributed by atoms with Crippen LogP contribution in [0.4, 0.5) is 5.69 Å². The number of aryl methyl sites for hydroxylation is 1. The Kier molecular flexibility index (Phi) is 6.33. The van der Waals surface area contributed by atoms with E-state index < -0.39 is 0 Å². The van der Waals surface area contributed by atoms with E-state index >= 15 is 0 Å². The van der Waals surface area contributed by atoms with Crippen molar-refractivity contribution in [1.82, 2.24) is 5.43 Å². The highest BCUT2D eigenvalue weighted by Crippen LogP contribution is 2.44. The van der Waals surface area contributed by atoms with Crippen LogP contribution in [-0.4, -0.2) is 24.2 Å². The first-order valence-corrected chi connectivity index (χ1v) is 10.6. The normalized spacial score (nSPS) is 18.0. The molecular formula is C24H30ClN3O. The molecule has 1 unspecified atom stereocenters. The minimum atomic E-state index is -0.252. The Morgan fingerprint density at radius 1 is 1.31 bits per heavy atom. The van der Waals surface area contributed by atoms with Crippen LogP contribution in [0.25, 0.3) is 0 Å². The van der Waals surface area contributed by atoms with Crippen molar-refractivity contribution in [1.29, 1.82) is 0 Å². The van der Waals surface area contributed by atoms with Gasteiger partial charge >= 0.3 is 0 Å². The summed E-state index contributed by atoms with van der Waals surface area (Å²) in [6.07, 6.45) is 3.98. The molecule has 2 aromatic carbocycles. The largest absolute Gasteiger partial charge is 0.366 e. The highest BCUT2D eigenvalue weighted by atomic mass is 35.5. The van der Waals surface area contributed by atoms with Gasteiger partial charge in [0.15, 0.2) is 0 Å². The quantitative estimate of drug-likeness (QED) is 0.490. The van der Waals surface area contributed by atoms with Gasteiger partial charge in [0.1, 0.15) is 0 Å². The number of hydrogen-bond acceptors (Lipinski definition) is 3. The number of fused-ring (bicyclic) bond motifs is 1. The third-order valence-electron chi connectivity index (χ3n) is 5.70. The first kappa shape index (κ1) is 21.4. The molecule has 3 rings (SSSR count). The summed E-state index contributed by atoms with van der Waals surface area (Å²) in [5.41, 5.74) is 8.15. The van der Waals surface area contributed by atoms with Crippen LogP contribution >= 0.6 is 11.6 Å². The molecule has 29 heavy (non-hydrogen) atoms. The summed E-state index contributed by atoms with van der Waals surface area (Å²) in [7, 11) is 0. The van der Waals surface area contributed by atoms with Crippen molar-refractivity contribution in [2.24, 2.45) is 5.10 Å². The number of carbonyl (C=O) groups is 1. The number of anilines is 1. The number of hydrogen-bond donors (Lipinski definition) is 1. The second-order valence-electron chi connectivity index (χ2n) is 8.54. The molecule has 1 aliphatic rings. The molecule has 0 saturated heterocycles. The highest BCUT2D eigenvalue weighted by Gasteiger charge is 2.36. The number of rotatable bonds is 5. The summed E-state index contributed by atoms with van der Waals surface area (Å²) in [4.78, 5) is 14.8. The fraction of sp³-hybridized carbons (Fsp3) is 0.417. The number of benzene rings is 2. The van der Waals surface area contributed by atoms with Gasteiger partial charge < -0.3 is 4.90 Å². The van der Waals surface area contributed by atoms with Crippen molar-refractivity contribution >= 4 is 29.4 Å². The Labute approximate surface area is 179 Å². The minimum absolute atomic E-state index is 0.150. The van der Waals surface area contributed by atoms with Gasteiger partial charge in [0.2, 0.25) is 0 Å². The fourth-order valence-corrected chi connectivity index (χ4v) is 4.39. The van der Waals surface area contributed by atoms with Crippen molar-refractivity contribution in [3.8, 4) is 0 Å². The lowest BCUT2D eigenvalue weighted by molar-refractivity contribution is 0.0955. The molecule has 0 radical (unpaired) electrons. The van der Waals surface area contributed by atoms with Gasteiger partial charge in [-0.05, 0) is 92.6 Å². The van der Waals surface area contributed by atoms with Crippen LogP contribution in [0.15, 0.2) is 41.5 Å². The first-order chi connectivity index (χ1) is 13.7. The molecule has 1 aliphatic heterocycles. The molecule has 4 nitrogen and oxygen atoms in total. The van der Waals surface area contributed by atoms with Crippen LogP contribution in [-0.2, 0) is 0 Å². The zero-order chi connectivity index (χ0) is 21.2. The van der Waals surface area contributed by atoms with Gasteiger partial charge in [-0.2, -0.15) is 5.10 Å². The number of hydrazone groups is 1. The zero-order valence-corrected chi connectivity index (χ0v) is 18.7. The smallest absolute Gasteiger partial charge is 0.271 e. The molecule has 2 aromatic rings. The average Bonchev–Trinajstić information content (AvgIpc) is 2.66. The van der Waals surface area contributed by atoms with Crippen LogP contribution in [0.5, 0.6) is 0 Å². The summed E-state index contributed by atoms with van der Waals surface area (Å²) in [6.45, 7) is 12.3. The van der Waals surface area contributed by atoms with Crippen LogP contribution in [0, 0.1) is 6.92 Å². The van der Waals surface area contributed by atoms with E-state index in [0.717, 1.165) is 30.5 Å². The standard InChI is InChI=1S/C24H30ClN3O/c1-6-11-28-22-12-16(2)19(13-21(22)17(3)14-24(28,4)5)15-26-27-23(29)18-7-9-20(25)10-8-18/h7-10,12-13,15,17H,6,11,14H2,1-5H3,(H,27,29)/b26-15-. The maximum atomic E-state index is 12.2. The molecule has 0 fully saturated rings. The maximum Gasteiger partial charge on any atom is 0.271 e. The SMILES string of the molecule is CCCN1c2cc(C)c(/C=N\NC(=O)c3ccc(Cl)cc3)cc2C(C)CC1(C)C. The molecule has 1 amide bonds. The summed E-state index contributed by atoms with van der Waals surface area (Å²) in [5, 5.41) is 4.79. The molecule has 1 atom stereocenters. The second kappa shape index (κ2) is 8.58. The Morgan fingerprint density at radius 2 is 2.00 bits per heavy atom. The van der Waals surface area contributed by atoms with Crippen molar-refractivity contribution in [2.75, 3.05) is 11.4 Å². The molecular weight excluding hydrogens is 382 g/mol. The highest BCUT2D eigenvalue weighted by molar-refractivity contribution is 6.30. The third kappa shape index (κ3) is 4.64. The lowest BCUT2D eigenvalue weighted by Gasteiger charge is -2.48. The van der Waals surface area contributed by atoms with Gasteiger partial charge in [-0.15, -0.1) is 0 Å². The van der Waals surface area contributed by atoms with Gasteiger partial charge in [-0.3, -0.25) is 4.79 Å². The Bertz CT molecular complexity index is 918. The van der Waals surface area contributed by atoms with E-state index in [-0.39, 0.29) is 11.4 Å². The van der Waals surface area contributed by atoms with Crippen LogP contribution in [0.2, 0.25) is 5.02 Å². The van der Waals surface area contributed by atoms with Crippen LogP contribution in [0.3, 0.4) is 0 Å². The maximum absolute atomic E-state index is 12.2. The van der Waals surface area contributed by atoms with E-state index in [1.165, 1.54) is 11.3 Å². The van der Waals surface area contributed by atoms with Crippen molar-refractivity contribution in [3.05, 3.63) is 63.7 Å². The van der Waals surface area contributed by atoms with E-state index in [1.807, 2.05) is 0 Å². The van der Waals surface area contributed by atoms with Crippen molar-refractivity contribution in [2.45, 2.75) is 58.9 Å². The fourth-order valence-electron chi connectivity index (χ4n) is 4.26. The first-order valence-electron chi connectivity index (χ1n) is 10.2. The minimum Gasteiger partial charge on any atom is -0.366 e. The number of halogens is 1. The molecule has 1 heterocycles. The van der Waals surface area contributed by atoms with Gasteiger partial charge in [0, 0.05) is 28.4 Å². The monoisotopic (exact) mass is 411 g/mol. The second-order valence-corrected chi connectivity index (χ2v) is 8.98. The predicted octanol–water partition coefficient (Wildman–Crippen LogP) is 5.91. The lowest BCUT2D eigenvalue weighted by atomic mass is 9.79. The predicted molar refractivity (Wildman–Crippen MR) is 122 cm³/mol. The van der Waals surface area contributed by atoms with E-state index in [1.54, 1.807) is 30.5 Å². The topological polar surface area (TPSA) is 44.7 Å². The average molecular weight is 412 g/mol. The van der Waals surface area contributed by atoms with Gasteiger partial charge in [0.05, 0.1) is 6.21 Å². The molecule has 5 heteroatoms. The molecule has 0 saturated carbocycles.